The van der Waals surface area contributed by atoms with Crippen molar-refractivity contribution in [1.29, 1.82) is 0 Å². The standard InChI is InChI=1S/C18H20N10O3/c1-24(16(29)11-8-21-22-9-11)5-6-26-17-23-15-14(28(17)25(2)18(26)30)13(20-10-27(15)19)12-4-3-7-31-12/h3-4,7-9H,5-6,10,19H2,1-2H3,(H,21,22). The van der Waals surface area contributed by atoms with Crippen molar-refractivity contribution in [2.45, 2.75) is 6.54 Å². The van der Waals surface area contributed by atoms with Gasteiger partial charge >= 0.3 is 5.69 Å². The summed E-state index contributed by atoms with van der Waals surface area (Å²) in [6.45, 7) is 0.753. The summed E-state index contributed by atoms with van der Waals surface area (Å²) in [6.07, 6.45) is 4.54. The molecule has 13 heteroatoms. The van der Waals surface area contributed by atoms with Gasteiger partial charge in [-0.3, -0.25) is 24.5 Å². The highest BCUT2D eigenvalue weighted by Gasteiger charge is 2.31. The number of H-pyrrole nitrogens is 1. The number of hydrogen-bond acceptors (Lipinski definition) is 8. The summed E-state index contributed by atoms with van der Waals surface area (Å²) in [7, 11) is 3.31. The van der Waals surface area contributed by atoms with E-state index in [0.29, 0.717) is 40.9 Å². The minimum Gasteiger partial charge on any atom is -0.463 e. The van der Waals surface area contributed by atoms with E-state index in [1.807, 2.05) is 0 Å². The van der Waals surface area contributed by atoms with Crippen molar-refractivity contribution in [2.24, 2.45) is 17.9 Å². The van der Waals surface area contributed by atoms with Crippen LogP contribution >= 0.6 is 0 Å². The number of aromatic amines is 1. The summed E-state index contributed by atoms with van der Waals surface area (Å²) >= 11 is 0. The van der Waals surface area contributed by atoms with Crippen LogP contribution in [0.1, 0.15) is 21.8 Å². The second-order valence-corrected chi connectivity index (χ2v) is 7.16. The molecule has 31 heavy (non-hydrogen) atoms. The first-order chi connectivity index (χ1) is 15.0. The molecule has 0 atom stereocenters. The zero-order valence-corrected chi connectivity index (χ0v) is 16.9. The van der Waals surface area contributed by atoms with Crippen LogP contribution in [0.3, 0.4) is 0 Å². The molecule has 0 aliphatic carbocycles. The van der Waals surface area contributed by atoms with E-state index >= 15 is 0 Å². The number of rotatable bonds is 5. The number of hydrogen-bond donors (Lipinski definition) is 2. The third kappa shape index (κ3) is 2.85. The molecule has 0 fully saturated rings. The quantitative estimate of drug-likeness (QED) is 0.407. The summed E-state index contributed by atoms with van der Waals surface area (Å²) in [4.78, 5) is 36.1. The number of anilines is 1. The fraction of sp³-hybridized carbons (Fsp3) is 0.278. The maximum absolute atomic E-state index is 13.0. The molecule has 0 spiro atoms. The number of amides is 1. The summed E-state index contributed by atoms with van der Waals surface area (Å²) < 4.78 is 10.1. The van der Waals surface area contributed by atoms with Crippen LogP contribution in [0.2, 0.25) is 0 Å². The molecule has 5 rings (SSSR count). The number of aliphatic imine (C=N–C) groups is 1. The molecule has 5 heterocycles. The van der Waals surface area contributed by atoms with Gasteiger partial charge in [-0.25, -0.2) is 19.8 Å². The van der Waals surface area contributed by atoms with Crippen LogP contribution in [0.4, 0.5) is 5.82 Å². The summed E-state index contributed by atoms with van der Waals surface area (Å²) in [6, 6.07) is 3.56. The monoisotopic (exact) mass is 424 g/mol. The average Bonchev–Trinajstić information content (AvgIpc) is 3.55. The van der Waals surface area contributed by atoms with Crippen LogP contribution < -0.4 is 16.5 Å². The van der Waals surface area contributed by atoms with Crippen molar-refractivity contribution < 1.29 is 9.21 Å². The lowest BCUT2D eigenvalue weighted by Gasteiger charge is -2.20. The molecule has 0 saturated carbocycles. The Morgan fingerprint density at radius 1 is 1.42 bits per heavy atom. The minimum absolute atomic E-state index is 0.197. The zero-order valence-electron chi connectivity index (χ0n) is 16.9. The van der Waals surface area contributed by atoms with E-state index in [1.165, 1.54) is 31.6 Å². The Morgan fingerprint density at radius 3 is 2.97 bits per heavy atom. The van der Waals surface area contributed by atoms with E-state index < -0.39 is 0 Å². The number of nitrogens with one attached hydrogen (secondary N) is 1. The lowest BCUT2D eigenvalue weighted by molar-refractivity contribution is 0.0790. The van der Waals surface area contributed by atoms with Crippen LogP contribution in [-0.4, -0.2) is 65.7 Å². The molecule has 0 radical (unpaired) electrons. The number of fused-ring (bicyclic) bond motifs is 3. The van der Waals surface area contributed by atoms with Crippen molar-refractivity contribution in [3.8, 4) is 0 Å². The Labute approximate surface area is 174 Å². The number of carbonyl (C=O) groups excluding carboxylic acids is 1. The fourth-order valence-corrected chi connectivity index (χ4v) is 3.63. The Hall–Kier alpha value is -4.13. The second kappa shape index (κ2) is 6.98. The Balaban J connectivity index is 1.53. The molecule has 160 valence electrons. The lowest BCUT2D eigenvalue weighted by atomic mass is 10.2. The molecule has 1 aliphatic heterocycles. The summed E-state index contributed by atoms with van der Waals surface area (Å²) in [5.41, 5.74) is 1.30. The molecule has 0 aromatic carbocycles. The number of aryl methyl sites for hydroxylation is 1. The van der Waals surface area contributed by atoms with E-state index in [9.17, 15) is 9.59 Å². The highest BCUT2D eigenvalue weighted by atomic mass is 16.3. The number of aromatic nitrogens is 6. The van der Waals surface area contributed by atoms with Crippen molar-refractivity contribution in [3.05, 3.63) is 58.3 Å². The van der Waals surface area contributed by atoms with Crippen LogP contribution in [0.25, 0.3) is 5.78 Å². The molecule has 0 bridgehead atoms. The Kier molecular flexibility index (Phi) is 4.25. The van der Waals surface area contributed by atoms with Gasteiger partial charge in [0.25, 0.3) is 5.91 Å². The molecular formula is C18H20N10O3. The van der Waals surface area contributed by atoms with Gasteiger partial charge < -0.3 is 9.32 Å². The zero-order chi connectivity index (χ0) is 21.7. The summed E-state index contributed by atoms with van der Waals surface area (Å²) in [5.74, 6) is 7.35. The topological polar surface area (TPSA) is 148 Å². The summed E-state index contributed by atoms with van der Waals surface area (Å²) in [5, 5.41) is 7.83. The van der Waals surface area contributed by atoms with Crippen molar-refractivity contribution in [2.75, 3.05) is 25.3 Å². The molecule has 1 amide bonds. The molecular weight excluding hydrogens is 404 g/mol. The molecule has 4 aromatic heterocycles. The van der Waals surface area contributed by atoms with Crippen molar-refractivity contribution in [1.82, 2.24) is 33.8 Å². The highest BCUT2D eigenvalue weighted by molar-refractivity contribution is 6.14. The van der Waals surface area contributed by atoms with Gasteiger partial charge in [0.05, 0.1) is 18.0 Å². The highest BCUT2D eigenvalue weighted by Crippen LogP contribution is 2.26. The van der Waals surface area contributed by atoms with Gasteiger partial charge in [0.2, 0.25) is 5.78 Å². The molecule has 13 nitrogen and oxygen atoms in total. The minimum atomic E-state index is -0.276. The number of likely N-dealkylation sites (N-methyl/N-ethyl adjacent to an activating group) is 1. The normalized spacial score (nSPS) is 13.5. The number of furan rings is 1. The number of imidazole rings is 1. The first kappa shape index (κ1) is 18.9. The number of nitrogens with zero attached hydrogens (tertiary/aromatic N) is 8. The Morgan fingerprint density at radius 2 is 2.26 bits per heavy atom. The predicted molar refractivity (Wildman–Crippen MR) is 110 cm³/mol. The SMILES string of the molecule is CN(CCn1c(=O)n(C)n2c3c(nc12)N(N)CN=C3c1ccco1)C(=O)c1cn[nH]c1. The average molecular weight is 424 g/mol. The van der Waals surface area contributed by atoms with Crippen molar-refractivity contribution >= 4 is 23.2 Å². The van der Waals surface area contributed by atoms with Crippen LogP contribution in [-0.2, 0) is 13.6 Å². The Bertz CT molecular complexity index is 1340. The van der Waals surface area contributed by atoms with Gasteiger partial charge in [-0.2, -0.15) is 10.1 Å². The molecule has 3 N–H and O–H groups in total. The van der Waals surface area contributed by atoms with Gasteiger partial charge in [0, 0.05) is 33.4 Å². The largest absolute Gasteiger partial charge is 0.463 e. The predicted octanol–water partition coefficient (Wildman–Crippen LogP) is -0.589. The fourth-order valence-electron chi connectivity index (χ4n) is 3.63. The smallest absolute Gasteiger partial charge is 0.345 e. The molecule has 0 saturated heterocycles. The second-order valence-electron chi connectivity index (χ2n) is 7.16. The van der Waals surface area contributed by atoms with Gasteiger partial charge in [-0.1, -0.05) is 0 Å². The first-order valence-electron chi connectivity index (χ1n) is 9.50. The van der Waals surface area contributed by atoms with Crippen LogP contribution in [0, 0.1) is 0 Å². The maximum Gasteiger partial charge on any atom is 0.345 e. The lowest BCUT2D eigenvalue weighted by Crippen LogP contribution is -2.37. The van der Waals surface area contributed by atoms with E-state index in [4.69, 9.17) is 10.3 Å². The van der Waals surface area contributed by atoms with E-state index in [2.05, 4.69) is 20.2 Å². The molecule has 4 aromatic rings. The van der Waals surface area contributed by atoms with Gasteiger partial charge in [0.15, 0.2) is 11.6 Å². The molecule has 1 aliphatic rings. The van der Waals surface area contributed by atoms with E-state index in [0.717, 1.165) is 0 Å². The van der Waals surface area contributed by atoms with Crippen LogP contribution in [0.5, 0.6) is 0 Å². The third-order valence-electron chi connectivity index (χ3n) is 5.25. The number of carbonyl (C=O) groups is 1. The van der Waals surface area contributed by atoms with Crippen molar-refractivity contribution in [3.63, 3.8) is 0 Å². The van der Waals surface area contributed by atoms with Gasteiger partial charge in [-0.05, 0) is 12.1 Å². The third-order valence-corrected chi connectivity index (χ3v) is 5.25. The molecule has 0 unspecified atom stereocenters. The van der Waals surface area contributed by atoms with E-state index in [1.54, 1.807) is 37.0 Å². The number of nitrogens with two attached hydrogens (primary N) is 1. The first-order valence-corrected chi connectivity index (χ1v) is 9.50. The number of hydrazine groups is 1. The maximum atomic E-state index is 13.0. The van der Waals surface area contributed by atoms with Gasteiger partial charge in [0.1, 0.15) is 18.1 Å². The van der Waals surface area contributed by atoms with E-state index in [-0.39, 0.29) is 24.8 Å². The van der Waals surface area contributed by atoms with Gasteiger partial charge in [-0.15, -0.1) is 0 Å². The van der Waals surface area contributed by atoms with Crippen LogP contribution in [0.15, 0.2) is 45.0 Å².